The zero-order valence-electron chi connectivity index (χ0n) is 12.4. The SMILES string of the molecule is CS(=O)(=O)Cc1ccc(C(=O)N2CCCC[C@@H]2C(=O)O)cc1. The molecule has 0 spiro atoms. The first kappa shape index (κ1) is 16.5. The van der Waals surface area contributed by atoms with Crippen molar-refractivity contribution in [2.24, 2.45) is 0 Å². The van der Waals surface area contributed by atoms with Gasteiger partial charge in [-0.3, -0.25) is 4.79 Å². The number of rotatable bonds is 4. The molecule has 1 amide bonds. The van der Waals surface area contributed by atoms with Crippen LogP contribution in [-0.4, -0.2) is 49.1 Å². The lowest BCUT2D eigenvalue weighted by atomic mass is 10.0. The number of aliphatic carboxylic acids is 1. The summed E-state index contributed by atoms with van der Waals surface area (Å²) >= 11 is 0. The van der Waals surface area contributed by atoms with Gasteiger partial charge in [0.2, 0.25) is 0 Å². The van der Waals surface area contributed by atoms with Gasteiger partial charge in [0.15, 0.2) is 9.84 Å². The minimum absolute atomic E-state index is 0.0804. The van der Waals surface area contributed by atoms with Crippen LogP contribution in [0.15, 0.2) is 24.3 Å². The fourth-order valence-corrected chi connectivity index (χ4v) is 3.44. The molecule has 22 heavy (non-hydrogen) atoms. The fourth-order valence-electron chi connectivity index (χ4n) is 2.64. The second-order valence-corrected chi connectivity index (χ2v) is 7.76. The molecule has 1 heterocycles. The molecule has 0 unspecified atom stereocenters. The van der Waals surface area contributed by atoms with Crippen LogP contribution in [0, 0.1) is 0 Å². The minimum Gasteiger partial charge on any atom is -0.480 e. The molecule has 1 aromatic rings. The smallest absolute Gasteiger partial charge is 0.326 e. The Morgan fingerprint density at radius 3 is 2.41 bits per heavy atom. The van der Waals surface area contributed by atoms with E-state index in [0.717, 1.165) is 19.1 Å². The zero-order chi connectivity index (χ0) is 16.3. The van der Waals surface area contributed by atoms with Crippen LogP contribution in [0.25, 0.3) is 0 Å². The van der Waals surface area contributed by atoms with Gasteiger partial charge in [0.1, 0.15) is 6.04 Å². The van der Waals surface area contributed by atoms with Crippen molar-refractivity contribution in [2.75, 3.05) is 12.8 Å². The van der Waals surface area contributed by atoms with E-state index >= 15 is 0 Å². The average molecular weight is 325 g/mol. The van der Waals surface area contributed by atoms with Crippen LogP contribution in [0.2, 0.25) is 0 Å². The Labute approximate surface area is 129 Å². The van der Waals surface area contributed by atoms with E-state index in [2.05, 4.69) is 0 Å². The number of sulfone groups is 1. The minimum atomic E-state index is -3.12. The van der Waals surface area contributed by atoms with Crippen molar-refractivity contribution >= 4 is 21.7 Å². The molecule has 0 aromatic heterocycles. The lowest BCUT2D eigenvalue weighted by molar-refractivity contribution is -0.143. The number of carbonyl (C=O) groups is 2. The van der Waals surface area contributed by atoms with Crippen molar-refractivity contribution in [2.45, 2.75) is 31.1 Å². The van der Waals surface area contributed by atoms with Crippen LogP contribution in [-0.2, 0) is 20.4 Å². The molecule has 2 rings (SSSR count). The summed E-state index contributed by atoms with van der Waals surface area (Å²) < 4.78 is 22.5. The maximum Gasteiger partial charge on any atom is 0.326 e. The van der Waals surface area contributed by atoms with Gasteiger partial charge < -0.3 is 10.0 Å². The molecule has 1 N–H and O–H groups in total. The summed E-state index contributed by atoms with van der Waals surface area (Å²) in [4.78, 5) is 25.1. The third-order valence-corrected chi connectivity index (χ3v) is 4.54. The molecule has 7 heteroatoms. The molecule has 1 aliphatic heterocycles. The van der Waals surface area contributed by atoms with Crippen LogP contribution in [0.3, 0.4) is 0 Å². The Bertz CT molecular complexity index is 666. The van der Waals surface area contributed by atoms with Gasteiger partial charge in [0, 0.05) is 18.4 Å². The summed E-state index contributed by atoms with van der Waals surface area (Å²) in [7, 11) is -3.12. The van der Waals surface area contributed by atoms with Crippen LogP contribution >= 0.6 is 0 Å². The van der Waals surface area contributed by atoms with Crippen LogP contribution < -0.4 is 0 Å². The monoisotopic (exact) mass is 325 g/mol. The van der Waals surface area contributed by atoms with E-state index in [1.165, 1.54) is 4.90 Å². The highest BCUT2D eigenvalue weighted by atomic mass is 32.2. The first-order valence-electron chi connectivity index (χ1n) is 7.08. The van der Waals surface area contributed by atoms with Crippen LogP contribution in [0.5, 0.6) is 0 Å². The van der Waals surface area contributed by atoms with Gasteiger partial charge >= 0.3 is 5.97 Å². The largest absolute Gasteiger partial charge is 0.480 e. The highest BCUT2D eigenvalue weighted by Gasteiger charge is 2.32. The Kier molecular flexibility index (Phi) is 4.85. The van der Waals surface area contributed by atoms with Crippen molar-refractivity contribution in [3.63, 3.8) is 0 Å². The predicted molar refractivity (Wildman–Crippen MR) is 81.3 cm³/mol. The van der Waals surface area contributed by atoms with Crippen molar-refractivity contribution < 1.29 is 23.1 Å². The van der Waals surface area contributed by atoms with E-state index in [9.17, 15) is 23.1 Å². The molecule has 1 saturated heterocycles. The Balaban J connectivity index is 2.16. The average Bonchev–Trinajstić information content (AvgIpc) is 2.45. The predicted octanol–water partition coefficient (Wildman–Crippen LogP) is 1.31. The number of carboxylic acids is 1. The molecule has 6 nitrogen and oxygen atoms in total. The lowest BCUT2D eigenvalue weighted by Gasteiger charge is -2.33. The summed E-state index contributed by atoms with van der Waals surface area (Å²) in [5, 5.41) is 9.22. The highest BCUT2D eigenvalue weighted by molar-refractivity contribution is 7.89. The molecule has 1 fully saturated rings. The van der Waals surface area contributed by atoms with Gasteiger partial charge in [0.25, 0.3) is 5.91 Å². The number of carbonyl (C=O) groups excluding carboxylic acids is 1. The number of hydrogen-bond acceptors (Lipinski definition) is 4. The van der Waals surface area contributed by atoms with E-state index in [1.54, 1.807) is 24.3 Å². The topological polar surface area (TPSA) is 91.8 Å². The summed E-state index contributed by atoms with van der Waals surface area (Å²) in [6.07, 6.45) is 3.21. The Morgan fingerprint density at radius 2 is 1.86 bits per heavy atom. The third kappa shape index (κ3) is 4.07. The quantitative estimate of drug-likeness (QED) is 0.901. The molecule has 0 saturated carbocycles. The number of likely N-dealkylation sites (tertiary alicyclic amines) is 1. The molecule has 0 aliphatic carbocycles. The first-order chi connectivity index (χ1) is 10.3. The van der Waals surface area contributed by atoms with E-state index in [4.69, 9.17) is 0 Å². The first-order valence-corrected chi connectivity index (χ1v) is 9.14. The van der Waals surface area contributed by atoms with E-state index in [1.807, 2.05) is 0 Å². The summed E-state index contributed by atoms with van der Waals surface area (Å²) in [6.45, 7) is 0.431. The molecule has 0 radical (unpaired) electrons. The molecular weight excluding hydrogens is 306 g/mol. The number of piperidine rings is 1. The maximum atomic E-state index is 12.5. The van der Waals surface area contributed by atoms with Crippen molar-refractivity contribution in [1.29, 1.82) is 0 Å². The standard InChI is InChI=1S/C15H19NO5S/c1-22(20,21)10-11-5-7-12(8-6-11)14(17)16-9-3-2-4-13(16)15(18)19/h5-8,13H,2-4,9-10H2,1H3,(H,18,19)/t13-/m1/s1. The number of nitrogens with zero attached hydrogens (tertiary/aromatic N) is 1. The van der Waals surface area contributed by atoms with Gasteiger partial charge in [-0.05, 0) is 37.0 Å². The molecule has 1 aliphatic rings. The fraction of sp³-hybridized carbons (Fsp3) is 0.467. The second kappa shape index (κ2) is 6.48. The number of carboxylic acid groups (broad SMARTS) is 1. The van der Waals surface area contributed by atoms with Crippen molar-refractivity contribution in [3.8, 4) is 0 Å². The van der Waals surface area contributed by atoms with Crippen LogP contribution in [0.4, 0.5) is 0 Å². The number of amides is 1. The number of hydrogen-bond donors (Lipinski definition) is 1. The van der Waals surface area contributed by atoms with Gasteiger partial charge in [-0.1, -0.05) is 12.1 Å². The summed E-state index contributed by atoms with van der Waals surface area (Å²) in [5.41, 5.74) is 0.984. The maximum absolute atomic E-state index is 12.5. The summed E-state index contributed by atoms with van der Waals surface area (Å²) in [6, 6.07) is 5.51. The normalized spacial score (nSPS) is 19.0. The van der Waals surface area contributed by atoms with Crippen molar-refractivity contribution in [1.82, 2.24) is 4.90 Å². The van der Waals surface area contributed by atoms with E-state index in [0.29, 0.717) is 24.1 Å². The summed E-state index contributed by atoms with van der Waals surface area (Å²) in [5.74, 6) is -1.39. The molecule has 120 valence electrons. The second-order valence-electron chi connectivity index (χ2n) is 5.62. The molecule has 1 atom stereocenters. The Morgan fingerprint density at radius 1 is 1.23 bits per heavy atom. The molecular formula is C15H19NO5S. The third-order valence-electron chi connectivity index (χ3n) is 3.68. The van der Waals surface area contributed by atoms with Gasteiger partial charge in [-0.2, -0.15) is 0 Å². The van der Waals surface area contributed by atoms with Gasteiger partial charge in [-0.15, -0.1) is 0 Å². The zero-order valence-corrected chi connectivity index (χ0v) is 13.2. The lowest BCUT2D eigenvalue weighted by Crippen LogP contribution is -2.47. The Hall–Kier alpha value is -1.89. The molecule has 1 aromatic carbocycles. The van der Waals surface area contributed by atoms with Gasteiger partial charge in [-0.25, -0.2) is 13.2 Å². The highest BCUT2D eigenvalue weighted by Crippen LogP contribution is 2.20. The van der Waals surface area contributed by atoms with Crippen molar-refractivity contribution in [3.05, 3.63) is 35.4 Å². The van der Waals surface area contributed by atoms with Crippen LogP contribution in [0.1, 0.15) is 35.2 Å². The number of benzene rings is 1. The van der Waals surface area contributed by atoms with E-state index in [-0.39, 0.29) is 11.7 Å². The molecule has 0 bridgehead atoms. The van der Waals surface area contributed by atoms with E-state index < -0.39 is 21.8 Å². The van der Waals surface area contributed by atoms with Gasteiger partial charge in [0.05, 0.1) is 5.75 Å².